The molecular formula is C15H22N2OS. The molecule has 1 amide bonds. The summed E-state index contributed by atoms with van der Waals surface area (Å²) in [4.78, 5) is 12.5. The van der Waals surface area contributed by atoms with Gasteiger partial charge in [-0.15, -0.1) is 11.8 Å². The van der Waals surface area contributed by atoms with Crippen LogP contribution in [0.25, 0.3) is 0 Å². The summed E-state index contributed by atoms with van der Waals surface area (Å²) in [6.45, 7) is 3.63. The Morgan fingerprint density at radius 3 is 2.68 bits per heavy atom. The highest BCUT2D eigenvalue weighted by atomic mass is 32.2. The third kappa shape index (κ3) is 5.66. The monoisotopic (exact) mass is 278 g/mol. The molecule has 0 aromatic heterocycles. The maximum absolute atomic E-state index is 11.3. The molecule has 1 aromatic carbocycles. The SMILES string of the molecule is CCNC(=O)CCSc1ccc(CNC2CC2)cc1. The van der Waals surface area contributed by atoms with Gasteiger partial charge in [0.05, 0.1) is 0 Å². The minimum Gasteiger partial charge on any atom is -0.356 e. The fourth-order valence-corrected chi connectivity index (χ4v) is 2.65. The van der Waals surface area contributed by atoms with Crippen molar-refractivity contribution in [2.24, 2.45) is 0 Å². The van der Waals surface area contributed by atoms with Crippen LogP contribution in [0.4, 0.5) is 0 Å². The molecule has 0 radical (unpaired) electrons. The highest BCUT2D eigenvalue weighted by Gasteiger charge is 2.19. The average molecular weight is 278 g/mol. The second-order valence-electron chi connectivity index (χ2n) is 4.85. The van der Waals surface area contributed by atoms with E-state index in [0.717, 1.165) is 18.3 Å². The van der Waals surface area contributed by atoms with Crippen LogP contribution >= 0.6 is 11.8 Å². The molecule has 0 spiro atoms. The predicted octanol–water partition coefficient (Wildman–Crippen LogP) is 2.56. The maximum Gasteiger partial charge on any atom is 0.220 e. The Hall–Kier alpha value is -1.00. The van der Waals surface area contributed by atoms with Gasteiger partial charge in [0.1, 0.15) is 0 Å². The Morgan fingerprint density at radius 1 is 1.32 bits per heavy atom. The lowest BCUT2D eigenvalue weighted by Gasteiger charge is -2.05. The third-order valence-corrected chi connectivity index (χ3v) is 4.08. The first-order valence-electron chi connectivity index (χ1n) is 6.99. The summed E-state index contributed by atoms with van der Waals surface area (Å²) < 4.78 is 0. The van der Waals surface area contributed by atoms with Crippen LogP contribution < -0.4 is 10.6 Å². The molecule has 4 heteroatoms. The molecule has 0 atom stereocenters. The molecular weight excluding hydrogens is 256 g/mol. The Bertz CT molecular complexity index is 401. The molecule has 19 heavy (non-hydrogen) atoms. The van der Waals surface area contributed by atoms with E-state index in [-0.39, 0.29) is 5.91 Å². The van der Waals surface area contributed by atoms with Gasteiger partial charge >= 0.3 is 0 Å². The highest BCUT2D eigenvalue weighted by molar-refractivity contribution is 7.99. The molecule has 0 aliphatic heterocycles. The van der Waals surface area contributed by atoms with Crippen LogP contribution in [0, 0.1) is 0 Å². The summed E-state index contributed by atoms with van der Waals surface area (Å²) in [5.41, 5.74) is 1.33. The van der Waals surface area contributed by atoms with E-state index in [1.807, 2.05) is 6.92 Å². The number of benzene rings is 1. The van der Waals surface area contributed by atoms with E-state index in [4.69, 9.17) is 0 Å². The molecule has 1 aromatic rings. The number of nitrogens with one attached hydrogen (secondary N) is 2. The van der Waals surface area contributed by atoms with Crippen LogP contribution in [-0.4, -0.2) is 24.2 Å². The maximum atomic E-state index is 11.3. The summed E-state index contributed by atoms with van der Waals surface area (Å²) in [5, 5.41) is 6.32. The van der Waals surface area contributed by atoms with E-state index >= 15 is 0 Å². The van der Waals surface area contributed by atoms with Crippen molar-refractivity contribution in [2.75, 3.05) is 12.3 Å². The quantitative estimate of drug-likeness (QED) is 0.718. The van der Waals surface area contributed by atoms with Crippen molar-refractivity contribution in [3.8, 4) is 0 Å². The molecule has 2 N–H and O–H groups in total. The lowest BCUT2D eigenvalue weighted by atomic mass is 10.2. The molecule has 104 valence electrons. The Morgan fingerprint density at radius 2 is 2.05 bits per heavy atom. The van der Waals surface area contributed by atoms with Crippen LogP contribution in [0.15, 0.2) is 29.2 Å². The van der Waals surface area contributed by atoms with Crippen LogP contribution in [0.5, 0.6) is 0 Å². The molecule has 1 aliphatic rings. The topological polar surface area (TPSA) is 41.1 Å². The Balaban J connectivity index is 1.67. The number of carbonyl (C=O) groups is 1. The summed E-state index contributed by atoms with van der Waals surface area (Å²) in [5.74, 6) is 0.978. The summed E-state index contributed by atoms with van der Waals surface area (Å²) in [7, 11) is 0. The van der Waals surface area contributed by atoms with Crippen LogP contribution in [0.2, 0.25) is 0 Å². The van der Waals surface area contributed by atoms with Gasteiger partial charge in [-0.3, -0.25) is 4.79 Å². The Labute approximate surface area is 119 Å². The highest BCUT2D eigenvalue weighted by Crippen LogP contribution is 2.21. The molecule has 0 saturated heterocycles. The number of rotatable bonds is 8. The van der Waals surface area contributed by atoms with Crippen molar-refractivity contribution < 1.29 is 4.79 Å². The minimum atomic E-state index is 0.139. The van der Waals surface area contributed by atoms with Gasteiger partial charge in [-0.2, -0.15) is 0 Å². The molecule has 0 bridgehead atoms. The van der Waals surface area contributed by atoms with Crippen molar-refractivity contribution in [1.29, 1.82) is 0 Å². The second-order valence-corrected chi connectivity index (χ2v) is 6.02. The standard InChI is InChI=1S/C15H22N2OS/c1-2-16-15(18)9-10-19-14-7-3-12(4-8-14)11-17-13-5-6-13/h3-4,7-8,13,17H,2,5-6,9-11H2,1H3,(H,16,18). The zero-order valence-electron chi connectivity index (χ0n) is 11.4. The van der Waals surface area contributed by atoms with E-state index in [9.17, 15) is 4.79 Å². The molecule has 0 heterocycles. The lowest BCUT2D eigenvalue weighted by molar-refractivity contribution is -0.120. The number of carbonyl (C=O) groups excluding carboxylic acids is 1. The first kappa shape index (κ1) is 14.4. The van der Waals surface area contributed by atoms with Crippen molar-refractivity contribution in [3.63, 3.8) is 0 Å². The van der Waals surface area contributed by atoms with Crippen molar-refractivity contribution in [1.82, 2.24) is 10.6 Å². The van der Waals surface area contributed by atoms with E-state index in [1.54, 1.807) is 11.8 Å². The zero-order chi connectivity index (χ0) is 13.5. The van der Waals surface area contributed by atoms with Gasteiger partial charge in [-0.25, -0.2) is 0 Å². The third-order valence-electron chi connectivity index (χ3n) is 3.07. The summed E-state index contributed by atoms with van der Waals surface area (Å²) >= 11 is 1.74. The number of hydrogen-bond donors (Lipinski definition) is 2. The average Bonchev–Trinajstić information content (AvgIpc) is 3.22. The fourth-order valence-electron chi connectivity index (χ4n) is 1.80. The number of hydrogen-bond acceptors (Lipinski definition) is 3. The first-order chi connectivity index (χ1) is 9.28. The van der Waals surface area contributed by atoms with Gasteiger partial charge < -0.3 is 10.6 Å². The van der Waals surface area contributed by atoms with Crippen LogP contribution in [0.1, 0.15) is 31.7 Å². The predicted molar refractivity (Wildman–Crippen MR) is 80.3 cm³/mol. The lowest BCUT2D eigenvalue weighted by Crippen LogP contribution is -2.22. The normalized spacial score (nSPS) is 14.4. The molecule has 1 saturated carbocycles. The first-order valence-corrected chi connectivity index (χ1v) is 7.98. The van der Waals surface area contributed by atoms with Gasteiger partial charge in [0, 0.05) is 36.2 Å². The minimum absolute atomic E-state index is 0.139. The van der Waals surface area contributed by atoms with Gasteiger partial charge in [0.2, 0.25) is 5.91 Å². The van der Waals surface area contributed by atoms with Crippen LogP contribution in [0.3, 0.4) is 0 Å². The molecule has 2 rings (SSSR count). The molecule has 0 unspecified atom stereocenters. The fraction of sp³-hybridized carbons (Fsp3) is 0.533. The van der Waals surface area contributed by atoms with Gasteiger partial charge in [-0.05, 0) is 37.5 Å². The molecule has 1 fully saturated rings. The second kappa shape index (κ2) is 7.56. The summed E-state index contributed by atoms with van der Waals surface area (Å²) in [6.07, 6.45) is 3.24. The van der Waals surface area contributed by atoms with Gasteiger partial charge in [0.25, 0.3) is 0 Å². The Kier molecular flexibility index (Phi) is 5.73. The zero-order valence-corrected chi connectivity index (χ0v) is 12.3. The van der Waals surface area contributed by atoms with E-state index in [2.05, 4.69) is 34.9 Å². The number of thioether (sulfide) groups is 1. The van der Waals surface area contributed by atoms with Crippen LogP contribution in [-0.2, 0) is 11.3 Å². The van der Waals surface area contributed by atoms with E-state index in [0.29, 0.717) is 13.0 Å². The van der Waals surface area contributed by atoms with Crippen molar-refractivity contribution in [2.45, 2.75) is 43.7 Å². The van der Waals surface area contributed by atoms with Gasteiger partial charge in [-0.1, -0.05) is 12.1 Å². The van der Waals surface area contributed by atoms with E-state index in [1.165, 1.54) is 23.3 Å². The summed E-state index contributed by atoms with van der Waals surface area (Å²) in [6, 6.07) is 9.39. The molecule has 3 nitrogen and oxygen atoms in total. The molecule has 1 aliphatic carbocycles. The van der Waals surface area contributed by atoms with E-state index < -0.39 is 0 Å². The van der Waals surface area contributed by atoms with Gasteiger partial charge in [0.15, 0.2) is 0 Å². The van der Waals surface area contributed by atoms with Crippen molar-refractivity contribution >= 4 is 17.7 Å². The smallest absolute Gasteiger partial charge is 0.220 e. The number of amides is 1. The van der Waals surface area contributed by atoms with Crippen molar-refractivity contribution in [3.05, 3.63) is 29.8 Å². The largest absolute Gasteiger partial charge is 0.356 e.